The van der Waals surface area contributed by atoms with E-state index in [0.29, 0.717) is 12.1 Å². The molecule has 0 saturated carbocycles. The van der Waals surface area contributed by atoms with Gasteiger partial charge in [-0.05, 0) is 43.2 Å². The molecule has 7 nitrogen and oxygen atoms in total. The lowest BCUT2D eigenvalue weighted by Gasteiger charge is -2.24. The minimum atomic E-state index is -0.427. The van der Waals surface area contributed by atoms with Gasteiger partial charge in [-0.3, -0.25) is 19.8 Å². The fraction of sp³-hybridized carbons (Fsp3) is 0.364. The van der Waals surface area contributed by atoms with Gasteiger partial charge in [-0.2, -0.15) is 5.26 Å². The number of carbonyl (C=O) groups is 1. The van der Waals surface area contributed by atoms with Crippen molar-refractivity contribution in [3.05, 3.63) is 69.8 Å². The van der Waals surface area contributed by atoms with Crippen molar-refractivity contribution in [2.45, 2.75) is 30.0 Å². The number of rotatable bonds is 6. The van der Waals surface area contributed by atoms with Crippen molar-refractivity contribution >= 4 is 23.4 Å². The molecule has 1 fully saturated rings. The van der Waals surface area contributed by atoms with Gasteiger partial charge in [0.2, 0.25) is 5.91 Å². The molecule has 1 heterocycles. The van der Waals surface area contributed by atoms with Crippen molar-refractivity contribution < 1.29 is 9.72 Å². The number of amides is 1. The Hall–Kier alpha value is -2.89. The highest BCUT2D eigenvalue weighted by Crippen LogP contribution is 2.26. The van der Waals surface area contributed by atoms with Gasteiger partial charge in [0.1, 0.15) is 0 Å². The van der Waals surface area contributed by atoms with Crippen LogP contribution in [0.5, 0.6) is 0 Å². The number of hydrogen-bond donors (Lipinski definition) is 0. The number of nitrogens with zero attached hydrogens (tertiary/aromatic N) is 4. The number of benzene rings is 2. The number of non-ortho nitro benzene ring substituents is 1. The van der Waals surface area contributed by atoms with Crippen molar-refractivity contribution in [1.29, 1.82) is 5.26 Å². The lowest BCUT2D eigenvalue weighted by molar-refractivity contribution is -0.384. The molecule has 3 rings (SSSR count). The number of nitriles is 1. The van der Waals surface area contributed by atoms with Crippen LogP contribution in [0.4, 0.5) is 5.69 Å². The highest BCUT2D eigenvalue weighted by atomic mass is 32.2. The molecule has 1 aliphatic heterocycles. The number of carbonyl (C=O) groups excluding carboxylic acids is 1. The Balaban J connectivity index is 1.52. The molecule has 1 aliphatic rings. The molecule has 0 N–H and O–H groups in total. The van der Waals surface area contributed by atoms with Gasteiger partial charge in [-0.1, -0.05) is 12.1 Å². The van der Waals surface area contributed by atoms with Crippen molar-refractivity contribution in [3.8, 4) is 6.07 Å². The topological polar surface area (TPSA) is 90.5 Å². The highest BCUT2D eigenvalue weighted by Gasteiger charge is 2.24. The van der Waals surface area contributed by atoms with Gasteiger partial charge < -0.3 is 4.90 Å². The van der Waals surface area contributed by atoms with E-state index in [1.807, 2.05) is 36.1 Å². The molecule has 2 aromatic rings. The largest absolute Gasteiger partial charge is 0.340 e. The molecular weight excluding hydrogens is 400 g/mol. The van der Waals surface area contributed by atoms with Crippen molar-refractivity contribution in [2.24, 2.45) is 0 Å². The summed E-state index contributed by atoms with van der Waals surface area (Å²) in [5.41, 5.74) is 1.87. The van der Waals surface area contributed by atoms with Gasteiger partial charge in [0.05, 0.1) is 21.8 Å². The van der Waals surface area contributed by atoms with E-state index >= 15 is 0 Å². The summed E-state index contributed by atoms with van der Waals surface area (Å²) in [5.74, 6) is 0.0959. The van der Waals surface area contributed by atoms with E-state index in [-0.39, 0.29) is 16.8 Å². The number of thioether (sulfide) groups is 1. The quantitative estimate of drug-likeness (QED) is 0.399. The summed E-state index contributed by atoms with van der Waals surface area (Å²) in [6.45, 7) is 5.83. The summed E-state index contributed by atoms with van der Waals surface area (Å²) in [4.78, 5) is 28.4. The van der Waals surface area contributed by atoms with Gasteiger partial charge in [0, 0.05) is 49.8 Å². The molecular formula is C22H24N4O3S. The molecule has 30 heavy (non-hydrogen) atoms. The summed E-state index contributed by atoms with van der Waals surface area (Å²) >= 11 is 1.43. The summed E-state index contributed by atoms with van der Waals surface area (Å²) in [7, 11) is 0. The molecule has 1 saturated heterocycles. The fourth-order valence-corrected chi connectivity index (χ4v) is 4.40. The lowest BCUT2D eigenvalue weighted by atomic mass is 10.1. The molecule has 1 atom stereocenters. The van der Waals surface area contributed by atoms with E-state index in [4.69, 9.17) is 5.26 Å². The first-order valence-electron chi connectivity index (χ1n) is 9.87. The molecule has 156 valence electrons. The van der Waals surface area contributed by atoms with E-state index in [1.165, 1.54) is 23.9 Å². The van der Waals surface area contributed by atoms with Crippen LogP contribution in [0.3, 0.4) is 0 Å². The highest BCUT2D eigenvalue weighted by molar-refractivity contribution is 8.00. The molecule has 0 aliphatic carbocycles. The van der Waals surface area contributed by atoms with Crippen molar-refractivity contribution in [2.75, 3.05) is 26.2 Å². The Morgan fingerprint density at radius 2 is 1.83 bits per heavy atom. The fourth-order valence-electron chi connectivity index (χ4n) is 3.45. The van der Waals surface area contributed by atoms with Crippen molar-refractivity contribution in [1.82, 2.24) is 9.80 Å². The minimum Gasteiger partial charge on any atom is -0.340 e. The lowest BCUT2D eigenvalue weighted by Crippen LogP contribution is -2.39. The molecule has 1 amide bonds. The van der Waals surface area contributed by atoms with Crippen LogP contribution in [0.15, 0.2) is 53.4 Å². The van der Waals surface area contributed by atoms with Gasteiger partial charge >= 0.3 is 0 Å². The van der Waals surface area contributed by atoms with E-state index in [0.717, 1.165) is 43.1 Å². The van der Waals surface area contributed by atoms with Gasteiger partial charge in [0.25, 0.3) is 5.69 Å². The van der Waals surface area contributed by atoms with Crippen molar-refractivity contribution in [3.63, 3.8) is 0 Å². The first-order valence-corrected chi connectivity index (χ1v) is 10.8. The minimum absolute atomic E-state index is 0.0493. The number of hydrogen-bond acceptors (Lipinski definition) is 6. The molecule has 0 aromatic heterocycles. The van der Waals surface area contributed by atoms with E-state index in [9.17, 15) is 14.9 Å². The van der Waals surface area contributed by atoms with Crippen LogP contribution in [-0.4, -0.2) is 52.1 Å². The average molecular weight is 425 g/mol. The van der Waals surface area contributed by atoms with Gasteiger partial charge in [0.15, 0.2) is 0 Å². The maximum absolute atomic E-state index is 12.9. The van der Waals surface area contributed by atoms with E-state index < -0.39 is 4.92 Å². The van der Waals surface area contributed by atoms with Crippen LogP contribution in [0.25, 0.3) is 0 Å². The Morgan fingerprint density at radius 1 is 1.13 bits per heavy atom. The van der Waals surface area contributed by atoms with Crippen LogP contribution in [-0.2, 0) is 11.3 Å². The van der Waals surface area contributed by atoms with Crippen LogP contribution in [0, 0.1) is 21.4 Å². The standard InChI is InChI=1S/C22H24N4O3S/c1-17(30-21-9-7-20(8-10-21)26(28)29)22(27)25-12-2-11-24(13-14-25)16-19-5-3-18(15-23)4-6-19/h3-10,17H,2,11-14,16H2,1H3. The zero-order valence-electron chi connectivity index (χ0n) is 16.9. The normalized spacial score (nSPS) is 15.8. The second-order valence-electron chi connectivity index (χ2n) is 7.27. The van der Waals surface area contributed by atoms with Gasteiger partial charge in [-0.25, -0.2) is 0 Å². The van der Waals surface area contributed by atoms with Gasteiger partial charge in [-0.15, -0.1) is 11.8 Å². The molecule has 0 spiro atoms. The maximum atomic E-state index is 12.9. The Kier molecular flexibility index (Phi) is 7.44. The van der Waals surface area contributed by atoms with E-state index in [2.05, 4.69) is 11.0 Å². The first kappa shape index (κ1) is 21.8. The Morgan fingerprint density at radius 3 is 2.47 bits per heavy atom. The number of nitro benzene ring substituents is 1. The third-order valence-electron chi connectivity index (χ3n) is 5.10. The third-order valence-corrected chi connectivity index (χ3v) is 6.20. The molecule has 1 unspecified atom stereocenters. The third kappa shape index (κ3) is 5.81. The molecule has 0 radical (unpaired) electrons. The predicted octanol–water partition coefficient (Wildman–Crippen LogP) is 3.68. The smallest absolute Gasteiger partial charge is 0.269 e. The molecule has 2 aromatic carbocycles. The maximum Gasteiger partial charge on any atom is 0.269 e. The summed E-state index contributed by atoms with van der Waals surface area (Å²) < 4.78 is 0. The summed E-state index contributed by atoms with van der Waals surface area (Å²) in [6, 6.07) is 16.1. The Bertz CT molecular complexity index is 925. The summed E-state index contributed by atoms with van der Waals surface area (Å²) in [5, 5.41) is 19.4. The van der Waals surface area contributed by atoms with Crippen LogP contribution in [0.2, 0.25) is 0 Å². The molecule has 0 bridgehead atoms. The second kappa shape index (κ2) is 10.2. The zero-order valence-corrected chi connectivity index (χ0v) is 17.7. The molecule has 8 heteroatoms. The monoisotopic (exact) mass is 424 g/mol. The summed E-state index contributed by atoms with van der Waals surface area (Å²) in [6.07, 6.45) is 0.914. The average Bonchev–Trinajstić information content (AvgIpc) is 2.99. The zero-order chi connectivity index (χ0) is 21.5. The second-order valence-corrected chi connectivity index (χ2v) is 8.69. The first-order chi connectivity index (χ1) is 14.5. The van der Waals surface area contributed by atoms with E-state index in [1.54, 1.807) is 12.1 Å². The predicted molar refractivity (Wildman–Crippen MR) is 116 cm³/mol. The Labute approximate surface area is 180 Å². The van der Waals surface area contributed by atoms with Crippen LogP contribution >= 0.6 is 11.8 Å². The van der Waals surface area contributed by atoms with Crippen LogP contribution < -0.4 is 0 Å². The van der Waals surface area contributed by atoms with Crippen LogP contribution in [0.1, 0.15) is 24.5 Å². The number of nitro groups is 1. The SMILES string of the molecule is CC(Sc1ccc([N+](=O)[O-])cc1)C(=O)N1CCCN(Cc2ccc(C#N)cc2)CC1.